The molecule has 1 aromatic heterocycles. The molecule has 0 aliphatic carbocycles. The Labute approximate surface area is 87.7 Å². The van der Waals surface area contributed by atoms with E-state index in [4.69, 9.17) is 14.3 Å². The largest absolute Gasteiger partial charge is 0.432 e. The number of fused-ring (bicyclic) bond motifs is 2. The maximum Gasteiger partial charge on any atom is 0.297 e. The van der Waals surface area contributed by atoms with Gasteiger partial charge in [0.05, 0.1) is 18.8 Å². The lowest BCUT2D eigenvalue weighted by Gasteiger charge is -2.30. The van der Waals surface area contributed by atoms with Crippen molar-refractivity contribution < 1.29 is 14.3 Å². The highest BCUT2D eigenvalue weighted by Crippen LogP contribution is 2.29. The molecule has 2 atom stereocenters. The summed E-state index contributed by atoms with van der Waals surface area (Å²) in [6.45, 7) is 1.63. The van der Waals surface area contributed by atoms with Gasteiger partial charge in [-0.3, -0.25) is 0 Å². The summed E-state index contributed by atoms with van der Waals surface area (Å²) in [5.41, 5.74) is 0.587. The van der Waals surface area contributed by atoms with Gasteiger partial charge in [0, 0.05) is 13.1 Å². The molecule has 3 rings (SSSR count). The topological polar surface area (TPSA) is 58.7 Å². The van der Waals surface area contributed by atoms with Crippen LogP contribution in [-0.4, -0.2) is 35.4 Å². The lowest BCUT2D eigenvalue weighted by molar-refractivity contribution is 0.0288. The van der Waals surface area contributed by atoms with E-state index in [-0.39, 0.29) is 6.61 Å². The molecule has 1 N–H and O–H groups in total. The first kappa shape index (κ1) is 9.18. The summed E-state index contributed by atoms with van der Waals surface area (Å²) in [5.74, 6) is 0. The van der Waals surface area contributed by atoms with Crippen molar-refractivity contribution in [2.45, 2.75) is 31.7 Å². The van der Waals surface area contributed by atoms with Crippen LogP contribution < -0.4 is 4.90 Å². The van der Waals surface area contributed by atoms with Crippen LogP contribution in [0.4, 0.5) is 6.01 Å². The number of rotatable bonds is 2. The summed E-state index contributed by atoms with van der Waals surface area (Å²) < 4.78 is 11.0. The van der Waals surface area contributed by atoms with Crippen molar-refractivity contribution in [2.75, 3.05) is 18.0 Å². The molecule has 0 radical (unpaired) electrons. The molecule has 2 fully saturated rings. The lowest BCUT2D eigenvalue weighted by Crippen LogP contribution is -2.42. The molecule has 5 nitrogen and oxygen atoms in total. The average molecular weight is 210 g/mol. The van der Waals surface area contributed by atoms with Crippen molar-refractivity contribution in [2.24, 2.45) is 0 Å². The van der Waals surface area contributed by atoms with Crippen molar-refractivity contribution in [3.63, 3.8) is 0 Å². The van der Waals surface area contributed by atoms with Gasteiger partial charge < -0.3 is 19.2 Å². The van der Waals surface area contributed by atoms with Gasteiger partial charge in [0.1, 0.15) is 12.0 Å². The van der Waals surface area contributed by atoms with Crippen LogP contribution in [0.3, 0.4) is 0 Å². The van der Waals surface area contributed by atoms with Crippen LogP contribution in [0.25, 0.3) is 0 Å². The molecule has 0 spiro atoms. The monoisotopic (exact) mass is 210 g/mol. The Morgan fingerprint density at radius 2 is 2.13 bits per heavy atom. The van der Waals surface area contributed by atoms with E-state index in [1.807, 2.05) is 0 Å². The number of hydrogen-bond donors (Lipinski definition) is 1. The van der Waals surface area contributed by atoms with Gasteiger partial charge >= 0.3 is 0 Å². The molecule has 5 heteroatoms. The number of ether oxygens (including phenoxy) is 1. The Kier molecular flexibility index (Phi) is 2.14. The van der Waals surface area contributed by atoms with Gasteiger partial charge in [-0.25, -0.2) is 0 Å². The van der Waals surface area contributed by atoms with Gasteiger partial charge in [0.25, 0.3) is 6.01 Å². The summed E-state index contributed by atoms with van der Waals surface area (Å²) in [6, 6.07) is 0.610. The predicted octanol–water partition coefficient (Wildman–Crippen LogP) is 0.534. The Morgan fingerprint density at radius 1 is 1.40 bits per heavy atom. The molecule has 82 valence electrons. The minimum Gasteiger partial charge on any atom is -0.432 e. The maximum absolute atomic E-state index is 8.90. The Bertz CT molecular complexity index is 340. The fourth-order valence-electron chi connectivity index (χ4n) is 2.29. The van der Waals surface area contributed by atoms with Crippen molar-refractivity contribution >= 4 is 6.01 Å². The zero-order valence-corrected chi connectivity index (χ0v) is 8.43. The van der Waals surface area contributed by atoms with Gasteiger partial charge in [-0.15, -0.1) is 0 Å². The summed E-state index contributed by atoms with van der Waals surface area (Å²) in [4.78, 5) is 6.30. The molecular formula is C10H14N2O3. The van der Waals surface area contributed by atoms with Gasteiger partial charge in [-0.05, 0) is 12.8 Å². The number of aliphatic hydroxyl groups is 1. The summed E-state index contributed by atoms with van der Waals surface area (Å²) in [7, 11) is 0. The Hall–Kier alpha value is -1.07. The van der Waals surface area contributed by atoms with Crippen LogP contribution in [-0.2, 0) is 11.3 Å². The summed E-state index contributed by atoms with van der Waals surface area (Å²) >= 11 is 0. The van der Waals surface area contributed by atoms with Gasteiger partial charge in [0.2, 0.25) is 0 Å². The zero-order valence-electron chi connectivity index (χ0n) is 8.43. The molecule has 2 aliphatic rings. The Balaban J connectivity index is 1.77. The maximum atomic E-state index is 8.90. The van der Waals surface area contributed by atoms with Crippen LogP contribution in [0.5, 0.6) is 0 Å². The second-order valence-corrected chi connectivity index (χ2v) is 4.14. The van der Waals surface area contributed by atoms with Gasteiger partial charge in [0.15, 0.2) is 0 Å². The van der Waals surface area contributed by atoms with Crippen molar-refractivity contribution in [1.82, 2.24) is 4.98 Å². The Morgan fingerprint density at radius 3 is 2.73 bits per heavy atom. The van der Waals surface area contributed by atoms with E-state index in [1.54, 1.807) is 0 Å². The molecule has 0 saturated carbocycles. The number of nitrogens with zero attached hydrogens (tertiary/aromatic N) is 2. The molecule has 2 saturated heterocycles. The van der Waals surface area contributed by atoms with Crippen molar-refractivity contribution in [3.05, 3.63) is 12.0 Å². The van der Waals surface area contributed by atoms with E-state index in [0.29, 0.717) is 23.9 Å². The van der Waals surface area contributed by atoms with Crippen molar-refractivity contribution in [3.8, 4) is 0 Å². The highest BCUT2D eigenvalue weighted by Gasteiger charge is 2.35. The minimum absolute atomic E-state index is 0.0688. The SMILES string of the molecule is OCc1coc(N2CC3CCC(C2)O3)n1. The second-order valence-electron chi connectivity index (χ2n) is 4.14. The lowest BCUT2D eigenvalue weighted by atomic mass is 10.2. The molecule has 0 amide bonds. The normalized spacial score (nSPS) is 29.8. The second kappa shape index (κ2) is 3.50. The molecule has 2 aliphatic heterocycles. The first-order valence-corrected chi connectivity index (χ1v) is 5.31. The highest BCUT2D eigenvalue weighted by molar-refractivity contribution is 5.29. The molecule has 0 aromatic carbocycles. The van der Waals surface area contributed by atoms with E-state index < -0.39 is 0 Å². The van der Waals surface area contributed by atoms with Crippen LogP contribution in [0.2, 0.25) is 0 Å². The molecule has 2 bridgehead atoms. The number of hydrogen-bond acceptors (Lipinski definition) is 5. The zero-order chi connectivity index (χ0) is 10.3. The van der Waals surface area contributed by atoms with Crippen LogP contribution in [0.15, 0.2) is 10.7 Å². The van der Waals surface area contributed by atoms with E-state index in [0.717, 1.165) is 25.9 Å². The van der Waals surface area contributed by atoms with Crippen LogP contribution in [0, 0.1) is 0 Å². The quantitative estimate of drug-likeness (QED) is 0.771. The molecule has 3 heterocycles. The molecule has 1 aromatic rings. The third kappa shape index (κ3) is 1.61. The van der Waals surface area contributed by atoms with Crippen LogP contribution >= 0.6 is 0 Å². The molecule has 15 heavy (non-hydrogen) atoms. The first-order valence-electron chi connectivity index (χ1n) is 5.31. The number of oxazole rings is 1. The van der Waals surface area contributed by atoms with E-state index in [2.05, 4.69) is 9.88 Å². The van der Waals surface area contributed by atoms with Gasteiger partial charge in [-0.1, -0.05) is 0 Å². The third-order valence-electron chi connectivity index (χ3n) is 3.02. The average Bonchev–Trinajstić information content (AvgIpc) is 2.85. The number of aromatic nitrogens is 1. The third-order valence-corrected chi connectivity index (χ3v) is 3.02. The minimum atomic E-state index is -0.0688. The number of morpholine rings is 1. The standard InChI is InChI=1S/C10H14N2O3/c13-5-7-6-14-10(11-7)12-3-8-1-2-9(4-12)15-8/h6,8-9,13H,1-5H2. The number of anilines is 1. The molecular weight excluding hydrogens is 196 g/mol. The van der Waals surface area contributed by atoms with Crippen molar-refractivity contribution in [1.29, 1.82) is 0 Å². The first-order chi connectivity index (χ1) is 7.35. The summed E-state index contributed by atoms with van der Waals surface area (Å²) in [5, 5.41) is 8.90. The highest BCUT2D eigenvalue weighted by atomic mass is 16.5. The number of aliphatic hydroxyl groups excluding tert-OH is 1. The van der Waals surface area contributed by atoms with Gasteiger partial charge in [-0.2, -0.15) is 4.98 Å². The van der Waals surface area contributed by atoms with E-state index >= 15 is 0 Å². The predicted molar refractivity (Wildman–Crippen MR) is 52.5 cm³/mol. The smallest absolute Gasteiger partial charge is 0.297 e. The summed E-state index contributed by atoms with van der Waals surface area (Å²) in [6.07, 6.45) is 4.43. The fraction of sp³-hybridized carbons (Fsp3) is 0.700. The van der Waals surface area contributed by atoms with E-state index in [9.17, 15) is 0 Å². The van der Waals surface area contributed by atoms with Crippen LogP contribution in [0.1, 0.15) is 18.5 Å². The fourth-order valence-corrected chi connectivity index (χ4v) is 2.29. The molecule has 2 unspecified atom stereocenters. The van der Waals surface area contributed by atoms with E-state index in [1.165, 1.54) is 6.26 Å².